The Morgan fingerprint density at radius 2 is 1.90 bits per heavy atom. The molecule has 4 N–H and O–H groups in total. The molecule has 8 nitrogen and oxygen atoms in total. The molecule has 0 aliphatic rings. The zero-order valence-electron chi connectivity index (χ0n) is 11.8. The van der Waals surface area contributed by atoms with Crippen LogP contribution in [0, 0.1) is 10.1 Å². The molecule has 0 aliphatic carbocycles. The van der Waals surface area contributed by atoms with E-state index in [9.17, 15) is 10.1 Å². The van der Waals surface area contributed by atoms with Gasteiger partial charge in [0.2, 0.25) is 0 Å². The summed E-state index contributed by atoms with van der Waals surface area (Å²) in [7, 11) is 3.24. The predicted octanol–water partition coefficient (Wildman–Crippen LogP) is 1.44. The van der Waals surface area contributed by atoms with Crippen molar-refractivity contribution in [1.82, 2.24) is 0 Å². The molecule has 1 unspecified atom stereocenters. The van der Waals surface area contributed by atoms with Crippen molar-refractivity contribution in [3.63, 3.8) is 0 Å². The van der Waals surface area contributed by atoms with E-state index in [4.69, 9.17) is 9.84 Å². The fraction of sp³-hybridized carbons (Fsp3) is 0.500. The summed E-state index contributed by atoms with van der Waals surface area (Å²) in [6.07, 6.45) is -0.321. The fourth-order valence-electron chi connectivity index (χ4n) is 1.80. The molecule has 0 aliphatic heterocycles. The van der Waals surface area contributed by atoms with E-state index in [2.05, 4.69) is 16.0 Å². The van der Waals surface area contributed by atoms with Crippen molar-refractivity contribution in [3.8, 4) is 0 Å². The van der Waals surface area contributed by atoms with Gasteiger partial charge >= 0.3 is 5.69 Å². The summed E-state index contributed by atoms with van der Waals surface area (Å²) in [6.45, 7) is 1.95. The van der Waals surface area contributed by atoms with Crippen LogP contribution in [0.1, 0.15) is 6.92 Å². The monoisotopic (exact) mass is 284 g/mol. The van der Waals surface area contributed by atoms with E-state index in [0.717, 1.165) is 0 Å². The van der Waals surface area contributed by atoms with Gasteiger partial charge in [-0.3, -0.25) is 10.1 Å². The van der Waals surface area contributed by atoms with Crippen LogP contribution in [-0.2, 0) is 4.74 Å². The smallest absolute Gasteiger partial charge is 0.315 e. The van der Waals surface area contributed by atoms with E-state index in [1.807, 2.05) is 0 Å². The van der Waals surface area contributed by atoms with Crippen molar-refractivity contribution in [2.75, 3.05) is 43.3 Å². The number of ether oxygens (including phenoxy) is 1. The Labute approximate surface area is 117 Å². The largest absolute Gasteiger partial charge is 0.394 e. The summed E-state index contributed by atoms with van der Waals surface area (Å²) < 4.78 is 5.28. The Balaban J connectivity index is 3.02. The van der Waals surface area contributed by atoms with Crippen molar-refractivity contribution >= 4 is 22.7 Å². The van der Waals surface area contributed by atoms with Gasteiger partial charge in [0.1, 0.15) is 17.6 Å². The van der Waals surface area contributed by atoms with Gasteiger partial charge in [-0.2, -0.15) is 0 Å². The second-order valence-corrected chi connectivity index (χ2v) is 4.06. The highest BCUT2D eigenvalue weighted by molar-refractivity contribution is 5.81. The lowest BCUT2D eigenvalue weighted by molar-refractivity contribution is -0.383. The number of nitro groups is 1. The summed E-state index contributed by atoms with van der Waals surface area (Å²) >= 11 is 0. The van der Waals surface area contributed by atoms with Gasteiger partial charge in [-0.15, -0.1) is 0 Å². The third-order valence-corrected chi connectivity index (χ3v) is 2.66. The topological polar surface area (TPSA) is 109 Å². The molecule has 112 valence electrons. The highest BCUT2D eigenvalue weighted by atomic mass is 16.6. The molecule has 0 saturated heterocycles. The molecule has 1 aromatic rings. The first-order chi connectivity index (χ1) is 9.53. The van der Waals surface area contributed by atoms with Gasteiger partial charge in [0.15, 0.2) is 0 Å². The number of benzene rings is 1. The number of hydrogen-bond acceptors (Lipinski definition) is 7. The molecule has 0 radical (unpaired) electrons. The first-order valence-corrected chi connectivity index (χ1v) is 6.20. The molecular weight excluding hydrogens is 264 g/mol. The highest BCUT2D eigenvalue weighted by Crippen LogP contribution is 2.36. The van der Waals surface area contributed by atoms with Gasteiger partial charge in [0.05, 0.1) is 18.1 Å². The zero-order chi connectivity index (χ0) is 15.1. The summed E-state index contributed by atoms with van der Waals surface area (Å²) in [5, 5.41) is 28.5. The quantitative estimate of drug-likeness (QED) is 0.325. The molecule has 1 atom stereocenters. The molecule has 1 rings (SSSR count). The van der Waals surface area contributed by atoms with E-state index in [1.165, 1.54) is 0 Å². The van der Waals surface area contributed by atoms with Crippen LogP contribution < -0.4 is 16.0 Å². The Hall–Kier alpha value is -2.06. The molecule has 0 spiro atoms. The first kappa shape index (κ1) is 16.0. The average molecular weight is 284 g/mol. The summed E-state index contributed by atoms with van der Waals surface area (Å²) in [5.74, 6) is 0. The first-order valence-electron chi connectivity index (χ1n) is 6.20. The molecule has 0 fully saturated rings. The third kappa shape index (κ3) is 3.97. The predicted molar refractivity (Wildman–Crippen MR) is 78.3 cm³/mol. The molecule has 0 heterocycles. The molecule has 0 amide bonds. The van der Waals surface area contributed by atoms with Gasteiger partial charge < -0.3 is 25.8 Å². The van der Waals surface area contributed by atoms with E-state index >= 15 is 0 Å². The second-order valence-electron chi connectivity index (χ2n) is 4.06. The number of nitrogens with zero attached hydrogens (tertiary/aromatic N) is 1. The second kappa shape index (κ2) is 7.51. The highest BCUT2D eigenvalue weighted by Gasteiger charge is 2.20. The van der Waals surface area contributed by atoms with E-state index in [1.54, 1.807) is 33.2 Å². The lowest BCUT2D eigenvalue weighted by Gasteiger charge is -2.17. The maximum absolute atomic E-state index is 11.1. The SMILES string of the molecule is CNc1cc(NC(C)OCCO)cc(NC)c1[N+](=O)[O-]. The minimum Gasteiger partial charge on any atom is -0.394 e. The fourth-order valence-corrected chi connectivity index (χ4v) is 1.80. The van der Waals surface area contributed by atoms with Crippen molar-refractivity contribution in [1.29, 1.82) is 0 Å². The van der Waals surface area contributed by atoms with Gasteiger partial charge in [0, 0.05) is 19.8 Å². The van der Waals surface area contributed by atoms with Crippen molar-refractivity contribution in [2.45, 2.75) is 13.2 Å². The van der Waals surface area contributed by atoms with Crippen LogP contribution in [0.3, 0.4) is 0 Å². The number of aliphatic hydroxyl groups is 1. The van der Waals surface area contributed by atoms with Gasteiger partial charge in [-0.05, 0) is 19.1 Å². The summed E-state index contributed by atoms with van der Waals surface area (Å²) in [6, 6.07) is 3.27. The number of nitro benzene ring substituents is 1. The van der Waals surface area contributed by atoms with Crippen LogP contribution >= 0.6 is 0 Å². The Bertz CT molecular complexity index is 442. The van der Waals surface area contributed by atoms with E-state index in [-0.39, 0.29) is 25.1 Å². The van der Waals surface area contributed by atoms with Crippen LogP contribution in [0.2, 0.25) is 0 Å². The maximum Gasteiger partial charge on any atom is 0.315 e. The molecule has 1 aromatic carbocycles. The molecular formula is C12H20N4O4. The van der Waals surface area contributed by atoms with Gasteiger partial charge in [-0.25, -0.2) is 0 Å². The Kier molecular flexibility index (Phi) is 6.01. The molecule has 0 aromatic heterocycles. The molecule has 20 heavy (non-hydrogen) atoms. The van der Waals surface area contributed by atoms with E-state index in [0.29, 0.717) is 17.1 Å². The van der Waals surface area contributed by atoms with Crippen LogP contribution in [0.5, 0.6) is 0 Å². The number of rotatable bonds is 8. The Morgan fingerprint density at radius 1 is 1.35 bits per heavy atom. The number of anilines is 3. The minimum atomic E-state index is -0.437. The third-order valence-electron chi connectivity index (χ3n) is 2.66. The van der Waals surface area contributed by atoms with Crippen LogP contribution in [0.15, 0.2) is 12.1 Å². The lowest BCUT2D eigenvalue weighted by atomic mass is 10.2. The van der Waals surface area contributed by atoms with E-state index < -0.39 is 4.92 Å². The van der Waals surface area contributed by atoms with Crippen molar-refractivity contribution in [2.24, 2.45) is 0 Å². The maximum atomic E-state index is 11.1. The molecule has 8 heteroatoms. The standard InChI is InChI=1S/C12H20N4O4/c1-8(20-5-4-17)15-9-6-10(13-2)12(16(18)19)11(7-9)14-3/h6-8,13-15,17H,4-5H2,1-3H3. The zero-order valence-corrected chi connectivity index (χ0v) is 11.8. The number of hydrogen-bond donors (Lipinski definition) is 4. The molecule has 0 saturated carbocycles. The Morgan fingerprint density at radius 3 is 2.30 bits per heavy atom. The summed E-state index contributed by atoms with van der Waals surface area (Å²) in [4.78, 5) is 10.7. The average Bonchev–Trinajstić information content (AvgIpc) is 2.43. The van der Waals surface area contributed by atoms with Crippen molar-refractivity contribution in [3.05, 3.63) is 22.2 Å². The van der Waals surface area contributed by atoms with Crippen molar-refractivity contribution < 1.29 is 14.8 Å². The van der Waals surface area contributed by atoms with Gasteiger partial charge in [0.25, 0.3) is 0 Å². The number of nitrogens with one attached hydrogen (secondary N) is 3. The minimum absolute atomic E-state index is 0.00974. The normalized spacial score (nSPS) is 11.8. The van der Waals surface area contributed by atoms with Crippen LogP contribution in [0.25, 0.3) is 0 Å². The van der Waals surface area contributed by atoms with Gasteiger partial charge in [-0.1, -0.05) is 0 Å². The summed E-state index contributed by atoms with van der Waals surface area (Å²) in [5.41, 5.74) is 1.47. The van der Waals surface area contributed by atoms with Crippen LogP contribution in [0.4, 0.5) is 22.7 Å². The number of aliphatic hydroxyl groups excluding tert-OH is 1. The van der Waals surface area contributed by atoms with Crippen LogP contribution in [-0.4, -0.2) is 43.6 Å². The molecule has 0 bridgehead atoms. The lowest BCUT2D eigenvalue weighted by Crippen LogP contribution is -2.21.